The average molecular weight is 299 g/mol. The van der Waals surface area contributed by atoms with Crippen LogP contribution in [0.4, 0.5) is 5.69 Å². The summed E-state index contributed by atoms with van der Waals surface area (Å²) in [4.78, 5) is 12.2. The van der Waals surface area contributed by atoms with Crippen molar-refractivity contribution in [3.63, 3.8) is 0 Å². The maximum absolute atomic E-state index is 12.2. The lowest BCUT2D eigenvalue weighted by molar-refractivity contribution is -0.664. The van der Waals surface area contributed by atoms with Crippen molar-refractivity contribution < 1.29 is 14.8 Å². The van der Waals surface area contributed by atoms with E-state index in [1.807, 2.05) is 0 Å². The summed E-state index contributed by atoms with van der Waals surface area (Å²) in [6.07, 6.45) is 2.28. The summed E-state index contributed by atoms with van der Waals surface area (Å²) in [5.41, 5.74) is 6.54. The fraction of sp³-hybridized carbons (Fsp3) is 0.500. The van der Waals surface area contributed by atoms with Crippen LogP contribution in [0.25, 0.3) is 0 Å². The molecule has 0 aliphatic carbocycles. The van der Waals surface area contributed by atoms with Gasteiger partial charge in [-0.3, -0.25) is 4.79 Å². The van der Waals surface area contributed by atoms with E-state index in [0.29, 0.717) is 34.5 Å². The number of piperidine rings is 1. The van der Waals surface area contributed by atoms with Gasteiger partial charge in [0, 0.05) is 25.5 Å². The van der Waals surface area contributed by atoms with E-state index >= 15 is 0 Å². The summed E-state index contributed by atoms with van der Waals surface area (Å²) in [5.74, 6) is 0.832. The molecule has 2 rings (SSSR count). The molecule has 1 aliphatic rings. The molecule has 1 saturated heterocycles. The lowest BCUT2D eigenvalue weighted by atomic mass is 9.98. The number of carbonyl (C=O) groups excluding carboxylic acids is 1. The summed E-state index contributed by atoms with van der Waals surface area (Å²) < 4.78 is 5.19. The van der Waals surface area contributed by atoms with Gasteiger partial charge in [0.05, 0.1) is 36.5 Å². The molecule has 0 bridgehead atoms. The fourth-order valence-electron chi connectivity index (χ4n) is 2.45. The Morgan fingerprint density at radius 2 is 2.20 bits per heavy atom. The minimum absolute atomic E-state index is 0.168. The van der Waals surface area contributed by atoms with Crippen molar-refractivity contribution in [1.82, 2.24) is 5.32 Å². The van der Waals surface area contributed by atoms with Crippen molar-refractivity contribution in [2.45, 2.75) is 12.8 Å². The zero-order valence-corrected chi connectivity index (χ0v) is 12.4. The van der Waals surface area contributed by atoms with Gasteiger partial charge >= 0.3 is 0 Å². The van der Waals surface area contributed by atoms with Gasteiger partial charge in [-0.25, -0.2) is 0 Å². The number of hydrogen-bond acceptors (Lipinski definition) is 3. The standard InChI is InChI=1S/C14H20ClN3O2/c1-20-13-7-12(16)11(15)6-10(13)14(19)18-8-9-2-4-17-5-3-9/h6-7,9,17H,2-5,8,16H2,1H3,(H,18,19)/p+1. The van der Waals surface area contributed by atoms with Crippen LogP contribution in [-0.4, -0.2) is 32.7 Å². The molecule has 5 nitrogen and oxygen atoms in total. The number of nitrogens with two attached hydrogens (primary N) is 2. The topological polar surface area (TPSA) is 81.0 Å². The summed E-state index contributed by atoms with van der Waals surface area (Å²) in [6.45, 7) is 2.97. The van der Waals surface area contributed by atoms with Crippen LogP contribution in [0.3, 0.4) is 0 Å². The van der Waals surface area contributed by atoms with Crippen molar-refractivity contribution in [3.8, 4) is 5.75 Å². The maximum atomic E-state index is 12.2. The van der Waals surface area contributed by atoms with Crippen molar-refractivity contribution in [3.05, 3.63) is 22.7 Å². The zero-order chi connectivity index (χ0) is 14.5. The third-order valence-corrected chi connectivity index (χ3v) is 4.00. The van der Waals surface area contributed by atoms with Gasteiger partial charge < -0.3 is 21.1 Å². The van der Waals surface area contributed by atoms with Gasteiger partial charge in [-0.2, -0.15) is 0 Å². The molecule has 0 saturated carbocycles. The van der Waals surface area contributed by atoms with E-state index in [9.17, 15) is 4.79 Å². The van der Waals surface area contributed by atoms with Gasteiger partial charge in [0.25, 0.3) is 5.91 Å². The maximum Gasteiger partial charge on any atom is 0.255 e. The SMILES string of the molecule is COc1cc(N)c(Cl)cc1C(=O)NCC1CC[NH2+]CC1. The molecule has 0 unspecified atom stereocenters. The molecular weight excluding hydrogens is 278 g/mol. The normalized spacial score (nSPS) is 15.9. The van der Waals surface area contributed by atoms with Crippen molar-refractivity contribution in [1.29, 1.82) is 0 Å². The van der Waals surface area contributed by atoms with Crippen LogP contribution in [0.1, 0.15) is 23.2 Å². The molecule has 0 spiro atoms. The number of nitrogens with one attached hydrogen (secondary N) is 1. The van der Waals surface area contributed by atoms with E-state index in [2.05, 4.69) is 10.6 Å². The number of benzene rings is 1. The smallest absolute Gasteiger partial charge is 0.255 e. The van der Waals surface area contributed by atoms with Crippen LogP contribution in [0, 0.1) is 5.92 Å². The average Bonchev–Trinajstić information content (AvgIpc) is 2.48. The molecule has 5 N–H and O–H groups in total. The second-order valence-corrected chi connectivity index (χ2v) is 5.50. The number of halogens is 1. The van der Waals surface area contributed by atoms with E-state index in [1.54, 1.807) is 12.1 Å². The minimum atomic E-state index is -0.168. The largest absolute Gasteiger partial charge is 0.496 e. The van der Waals surface area contributed by atoms with Gasteiger partial charge in [-0.05, 0) is 12.0 Å². The summed E-state index contributed by atoms with van der Waals surface area (Å²) >= 11 is 5.97. The van der Waals surface area contributed by atoms with Crippen LogP contribution in [0.2, 0.25) is 5.02 Å². The van der Waals surface area contributed by atoms with Crippen LogP contribution in [-0.2, 0) is 0 Å². The third-order valence-electron chi connectivity index (χ3n) is 3.67. The Morgan fingerprint density at radius 3 is 2.85 bits per heavy atom. The van der Waals surface area contributed by atoms with E-state index in [0.717, 1.165) is 25.9 Å². The Hall–Kier alpha value is -1.46. The zero-order valence-electron chi connectivity index (χ0n) is 11.6. The van der Waals surface area contributed by atoms with Crippen LogP contribution in [0.5, 0.6) is 5.75 Å². The Labute approximate surface area is 123 Å². The highest BCUT2D eigenvalue weighted by Gasteiger charge is 2.19. The Bertz CT molecular complexity index is 488. The summed E-state index contributed by atoms with van der Waals surface area (Å²) in [7, 11) is 1.51. The third kappa shape index (κ3) is 3.55. The number of quaternary nitrogens is 1. The van der Waals surface area contributed by atoms with Gasteiger partial charge in [-0.15, -0.1) is 0 Å². The molecule has 1 aliphatic heterocycles. The first kappa shape index (κ1) is 14.9. The highest BCUT2D eigenvalue weighted by atomic mass is 35.5. The van der Waals surface area contributed by atoms with E-state index in [1.165, 1.54) is 7.11 Å². The minimum Gasteiger partial charge on any atom is -0.496 e. The molecular formula is C14H21ClN3O2+. The number of nitrogen functional groups attached to an aromatic ring is 1. The number of carbonyl (C=O) groups is 1. The lowest BCUT2D eigenvalue weighted by Gasteiger charge is -2.20. The van der Waals surface area contributed by atoms with E-state index in [-0.39, 0.29) is 5.91 Å². The van der Waals surface area contributed by atoms with Crippen molar-refractivity contribution in [2.75, 3.05) is 32.5 Å². The highest BCUT2D eigenvalue weighted by molar-refractivity contribution is 6.33. The van der Waals surface area contributed by atoms with Crippen LogP contribution in [0.15, 0.2) is 12.1 Å². The highest BCUT2D eigenvalue weighted by Crippen LogP contribution is 2.28. The van der Waals surface area contributed by atoms with Crippen molar-refractivity contribution >= 4 is 23.2 Å². The quantitative estimate of drug-likeness (QED) is 0.713. The Balaban J connectivity index is 2.02. The molecule has 1 aromatic carbocycles. The molecule has 110 valence electrons. The molecule has 1 amide bonds. The molecule has 0 aromatic heterocycles. The first-order valence-corrected chi connectivity index (χ1v) is 7.22. The second kappa shape index (κ2) is 6.81. The van der Waals surface area contributed by atoms with Gasteiger partial charge in [-0.1, -0.05) is 11.6 Å². The molecule has 0 atom stereocenters. The second-order valence-electron chi connectivity index (χ2n) is 5.09. The molecule has 20 heavy (non-hydrogen) atoms. The van der Waals surface area contributed by atoms with Gasteiger partial charge in [0.15, 0.2) is 0 Å². The molecule has 6 heteroatoms. The van der Waals surface area contributed by atoms with E-state index < -0.39 is 0 Å². The summed E-state index contributed by atoms with van der Waals surface area (Å²) in [5, 5.41) is 5.63. The summed E-state index contributed by atoms with van der Waals surface area (Å²) in [6, 6.07) is 3.13. The van der Waals surface area contributed by atoms with Gasteiger partial charge in [0.2, 0.25) is 0 Å². The first-order valence-electron chi connectivity index (χ1n) is 6.84. The number of anilines is 1. The molecule has 1 aromatic rings. The van der Waals surface area contributed by atoms with E-state index in [4.69, 9.17) is 22.1 Å². The lowest BCUT2D eigenvalue weighted by Crippen LogP contribution is -2.86. The number of hydrogen-bond donors (Lipinski definition) is 3. The monoisotopic (exact) mass is 298 g/mol. The number of ether oxygens (including phenoxy) is 1. The fourth-order valence-corrected chi connectivity index (χ4v) is 2.61. The number of amides is 1. The molecule has 1 fully saturated rings. The number of rotatable bonds is 4. The molecule has 0 radical (unpaired) electrons. The Morgan fingerprint density at radius 1 is 1.50 bits per heavy atom. The van der Waals surface area contributed by atoms with Crippen LogP contribution >= 0.6 is 11.6 Å². The predicted molar refractivity (Wildman–Crippen MR) is 79.1 cm³/mol. The van der Waals surface area contributed by atoms with Gasteiger partial charge in [0.1, 0.15) is 5.75 Å². The predicted octanol–water partition coefficient (Wildman–Crippen LogP) is 0.634. The van der Waals surface area contributed by atoms with Crippen LogP contribution < -0.4 is 21.1 Å². The van der Waals surface area contributed by atoms with Crippen molar-refractivity contribution in [2.24, 2.45) is 5.92 Å². The number of methoxy groups -OCH3 is 1. The Kier molecular flexibility index (Phi) is 5.09. The molecule has 1 heterocycles. The first-order chi connectivity index (χ1) is 9.61.